The van der Waals surface area contributed by atoms with Gasteiger partial charge in [-0.15, -0.1) is 0 Å². The second kappa shape index (κ2) is 9.51. The summed E-state index contributed by atoms with van der Waals surface area (Å²) in [5, 5.41) is 7.12. The first-order valence-corrected chi connectivity index (χ1v) is 10.2. The summed E-state index contributed by atoms with van der Waals surface area (Å²) in [6.07, 6.45) is -0.208. The molecule has 0 bridgehead atoms. The Balaban J connectivity index is 1.27. The second-order valence-electron chi connectivity index (χ2n) is 7.21. The van der Waals surface area contributed by atoms with E-state index in [-0.39, 0.29) is 24.1 Å². The van der Waals surface area contributed by atoms with E-state index in [1.807, 2.05) is 0 Å². The Morgan fingerprint density at radius 3 is 2.75 bits per heavy atom. The van der Waals surface area contributed by atoms with E-state index in [9.17, 15) is 14.0 Å². The molecule has 1 atom stereocenters. The van der Waals surface area contributed by atoms with Gasteiger partial charge in [0, 0.05) is 30.8 Å². The molecule has 2 aromatic carbocycles. The Morgan fingerprint density at radius 2 is 1.94 bits per heavy atom. The normalized spacial score (nSPS) is 12.9. The van der Waals surface area contributed by atoms with Gasteiger partial charge in [-0.2, -0.15) is 5.10 Å². The van der Waals surface area contributed by atoms with Crippen LogP contribution in [0.15, 0.2) is 59.4 Å². The molecule has 0 saturated heterocycles. The summed E-state index contributed by atoms with van der Waals surface area (Å²) in [6.45, 7) is 2.49. The highest BCUT2D eigenvalue weighted by Crippen LogP contribution is 2.35. The molecule has 0 saturated carbocycles. The first kappa shape index (κ1) is 21.4. The lowest BCUT2D eigenvalue weighted by Gasteiger charge is -2.15. The van der Waals surface area contributed by atoms with Gasteiger partial charge in [0.05, 0.1) is 5.69 Å². The number of nitrogens with one attached hydrogen (secondary N) is 1. The van der Waals surface area contributed by atoms with Crippen LogP contribution in [-0.4, -0.2) is 35.1 Å². The molecule has 1 N–H and O–H groups in total. The topological polar surface area (TPSA) is 91.7 Å². The molecule has 4 rings (SSSR count). The van der Waals surface area contributed by atoms with Crippen LogP contribution in [0.25, 0.3) is 11.3 Å². The van der Waals surface area contributed by atoms with Crippen LogP contribution in [0.4, 0.5) is 4.39 Å². The zero-order valence-corrected chi connectivity index (χ0v) is 17.4. The Bertz CT molecular complexity index is 1160. The van der Waals surface area contributed by atoms with Crippen LogP contribution in [0.1, 0.15) is 13.3 Å². The van der Waals surface area contributed by atoms with Crippen molar-refractivity contribution in [2.45, 2.75) is 26.0 Å². The van der Waals surface area contributed by atoms with Gasteiger partial charge in [-0.3, -0.25) is 9.59 Å². The highest BCUT2D eigenvalue weighted by Gasteiger charge is 2.18. The van der Waals surface area contributed by atoms with Crippen LogP contribution in [-0.2, 0) is 11.3 Å². The maximum Gasteiger partial charge on any atom is 0.266 e. The van der Waals surface area contributed by atoms with Crippen molar-refractivity contribution in [1.29, 1.82) is 0 Å². The third kappa shape index (κ3) is 5.05. The van der Waals surface area contributed by atoms with Gasteiger partial charge in [0.2, 0.25) is 6.79 Å². The van der Waals surface area contributed by atoms with Crippen LogP contribution in [0.3, 0.4) is 0 Å². The Kier molecular flexibility index (Phi) is 6.34. The zero-order chi connectivity index (χ0) is 22.5. The van der Waals surface area contributed by atoms with Crippen molar-refractivity contribution < 1.29 is 23.4 Å². The van der Waals surface area contributed by atoms with Crippen LogP contribution in [0.2, 0.25) is 0 Å². The van der Waals surface area contributed by atoms with Gasteiger partial charge in [-0.25, -0.2) is 9.07 Å². The Morgan fingerprint density at radius 1 is 1.16 bits per heavy atom. The van der Waals surface area contributed by atoms with Crippen molar-refractivity contribution in [3.63, 3.8) is 0 Å². The SMILES string of the molecule is C[C@@H](Oc1ccc2c(c1)OCO2)C(=O)NCCCn1nc(-c2ccc(F)cc2)ccc1=O. The molecule has 0 spiro atoms. The fraction of sp³-hybridized carbons (Fsp3) is 0.261. The number of hydrogen-bond acceptors (Lipinski definition) is 6. The quantitative estimate of drug-likeness (QED) is 0.543. The number of rotatable bonds is 8. The largest absolute Gasteiger partial charge is 0.481 e. The summed E-state index contributed by atoms with van der Waals surface area (Å²) < 4.78 is 30.7. The van der Waals surface area contributed by atoms with Crippen molar-refractivity contribution in [3.05, 3.63) is 70.8 Å². The van der Waals surface area contributed by atoms with Crippen molar-refractivity contribution in [2.75, 3.05) is 13.3 Å². The number of hydrogen-bond donors (Lipinski definition) is 1. The van der Waals surface area contributed by atoms with Gasteiger partial charge in [0.25, 0.3) is 11.5 Å². The molecule has 9 heteroatoms. The fourth-order valence-corrected chi connectivity index (χ4v) is 3.18. The summed E-state index contributed by atoms with van der Waals surface area (Å²) >= 11 is 0. The summed E-state index contributed by atoms with van der Waals surface area (Å²) in [4.78, 5) is 24.4. The standard InChI is InChI=1S/C23H22FN3O5/c1-15(32-18-7-9-20-21(13-18)31-14-30-20)23(29)25-11-2-12-27-22(28)10-8-19(26-27)16-3-5-17(24)6-4-16/h3-10,13,15H,2,11-12,14H2,1H3,(H,25,29)/t15-/m1/s1. The minimum Gasteiger partial charge on any atom is -0.481 e. The highest BCUT2D eigenvalue weighted by atomic mass is 19.1. The molecule has 1 aliphatic heterocycles. The number of aromatic nitrogens is 2. The summed E-state index contributed by atoms with van der Waals surface area (Å²) in [5.74, 6) is 1.11. The highest BCUT2D eigenvalue weighted by molar-refractivity contribution is 5.80. The number of ether oxygens (including phenoxy) is 3. The monoisotopic (exact) mass is 439 g/mol. The van der Waals surface area contributed by atoms with Crippen LogP contribution < -0.4 is 25.1 Å². The molecule has 0 fully saturated rings. The molecule has 0 aliphatic carbocycles. The maximum absolute atomic E-state index is 13.1. The molecule has 1 amide bonds. The average Bonchev–Trinajstić information content (AvgIpc) is 3.26. The van der Waals surface area contributed by atoms with Crippen molar-refractivity contribution in [1.82, 2.24) is 15.1 Å². The van der Waals surface area contributed by atoms with E-state index in [2.05, 4.69) is 10.4 Å². The predicted molar refractivity (Wildman–Crippen MR) is 114 cm³/mol. The van der Waals surface area contributed by atoms with Crippen LogP contribution >= 0.6 is 0 Å². The molecule has 0 unspecified atom stereocenters. The third-order valence-electron chi connectivity index (χ3n) is 4.88. The first-order chi connectivity index (χ1) is 15.5. The molecule has 0 radical (unpaired) electrons. The molecular formula is C23H22FN3O5. The van der Waals surface area contributed by atoms with Crippen LogP contribution in [0, 0.1) is 5.82 Å². The minimum atomic E-state index is -0.710. The number of amides is 1. The Labute approximate surface area is 183 Å². The van der Waals surface area contributed by atoms with E-state index in [0.717, 1.165) is 0 Å². The number of aryl methyl sites for hydroxylation is 1. The van der Waals surface area contributed by atoms with E-state index in [4.69, 9.17) is 14.2 Å². The number of nitrogens with zero attached hydrogens (tertiary/aromatic N) is 2. The van der Waals surface area contributed by atoms with Crippen molar-refractivity contribution in [3.8, 4) is 28.5 Å². The van der Waals surface area contributed by atoms with E-state index >= 15 is 0 Å². The Hall–Kier alpha value is -3.88. The molecule has 1 aromatic heterocycles. The summed E-state index contributed by atoms with van der Waals surface area (Å²) in [6, 6.07) is 14.0. The van der Waals surface area contributed by atoms with Gasteiger partial charge in [0.15, 0.2) is 17.6 Å². The van der Waals surface area contributed by atoms with E-state index < -0.39 is 6.10 Å². The molecule has 166 valence electrons. The first-order valence-electron chi connectivity index (χ1n) is 10.2. The summed E-state index contributed by atoms with van der Waals surface area (Å²) in [7, 11) is 0. The lowest BCUT2D eigenvalue weighted by molar-refractivity contribution is -0.127. The van der Waals surface area contributed by atoms with Gasteiger partial charge >= 0.3 is 0 Å². The number of carbonyl (C=O) groups excluding carboxylic acids is 1. The molecule has 2 heterocycles. The van der Waals surface area contributed by atoms with Crippen LogP contribution in [0.5, 0.6) is 17.2 Å². The summed E-state index contributed by atoms with van der Waals surface area (Å²) in [5.41, 5.74) is 1.03. The van der Waals surface area contributed by atoms with Gasteiger partial charge in [0.1, 0.15) is 11.6 Å². The molecule has 3 aromatic rings. The zero-order valence-electron chi connectivity index (χ0n) is 17.4. The van der Waals surface area contributed by atoms with E-state index in [1.54, 1.807) is 43.3 Å². The predicted octanol–water partition coefficient (Wildman–Crippen LogP) is 2.75. The smallest absolute Gasteiger partial charge is 0.266 e. The van der Waals surface area contributed by atoms with E-state index in [0.29, 0.717) is 48.0 Å². The van der Waals surface area contributed by atoms with Gasteiger partial charge in [-0.1, -0.05) is 0 Å². The van der Waals surface area contributed by atoms with Gasteiger partial charge < -0.3 is 19.5 Å². The van der Waals surface area contributed by atoms with Crippen molar-refractivity contribution in [2.24, 2.45) is 0 Å². The minimum absolute atomic E-state index is 0.166. The average molecular weight is 439 g/mol. The lowest BCUT2D eigenvalue weighted by atomic mass is 10.1. The number of benzene rings is 2. The van der Waals surface area contributed by atoms with Crippen molar-refractivity contribution >= 4 is 5.91 Å². The fourth-order valence-electron chi connectivity index (χ4n) is 3.18. The molecular weight excluding hydrogens is 417 g/mol. The third-order valence-corrected chi connectivity index (χ3v) is 4.88. The maximum atomic E-state index is 13.1. The second-order valence-corrected chi connectivity index (χ2v) is 7.21. The van der Waals surface area contributed by atoms with E-state index in [1.165, 1.54) is 22.9 Å². The van der Waals surface area contributed by atoms with Gasteiger partial charge in [-0.05, 0) is 55.8 Å². The number of halogens is 1. The number of fused-ring (bicyclic) bond motifs is 1. The molecule has 32 heavy (non-hydrogen) atoms. The lowest BCUT2D eigenvalue weighted by Crippen LogP contribution is -2.37. The molecule has 1 aliphatic rings. The number of carbonyl (C=O) groups is 1. The molecule has 8 nitrogen and oxygen atoms in total.